The first-order valence-corrected chi connectivity index (χ1v) is 12.8. The molecule has 0 amide bonds. The first kappa shape index (κ1) is 22.1. The van der Waals surface area contributed by atoms with E-state index in [2.05, 4.69) is 40.7 Å². The highest BCUT2D eigenvalue weighted by molar-refractivity contribution is 5.81. The maximum atomic E-state index is 12.3. The van der Waals surface area contributed by atoms with Crippen molar-refractivity contribution in [1.29, 1.82) is 5.26 Å². The lowest BCUT2D eigenvalue weighted by molar-refractivity contribution is -0.127. The molecule has 166 valence electrons. The number of carbonyl (C=O) groups excluding carboxylic acids is 1. The third-order valence-corrected chi connectivity index (χ3v) is 10.4. The predicted molar refractivity (Wildman–Crippen MR) is 123 cm³/mol. The molecule has 0 aliphatic heterocycles. The van der Waals surface area contributed by atoms with Crippen LogP contribution in [0.3, 0.4) is 0 Å². The van der Waals surface area contributed by atoms with Crippen LogP contribution < -0.4 is 0 Å². The van der Waals surface area contributed by atoms with Crippen molar-refractivity contribution in [3.05, 3.63) is 11.1 Å². The van der Waals surface area contributed by atoms with E-state index < -0.39 is 5.41 Å². The van der Waals surface area contributed by atoms with Gasteiger partial charge in [0.05, 0.1) is 11.5 Å². The Morgan fingerprint density at radius 1 is 1.03 bits per heavy atom. The van der Waals surface area contributed by atoms with Gasteiger partial charge in [0.1, 0.15) is 5.78 Å². The number of nitrogens with zero attached hydrogens (tertiary/aromatic N) is 1. The summed E-state index contributed by atoms with van der Waals surface area (Å²) >= 11 is 0. The van der Waals surface area contributed by atoms with Crippen LogP contribution in [0.1, 0.15) is 112 Å². The molecule has 0 heterocycles. The molecular formula is C28H43NO. The van der Waals surface area contributed by atoms with Crippen LogP contribution in [0.5, 0.6) is 0 Å². The number of nitriles is 1. The first-order valence-electron chi connectivity index (χ1n) is 12.8. The molecule has 4 aliphatic rings. The Bertz CT molecular complexity index is 772. The van der Waals surface area contributed by atoms with Gasteiger partial charge in [-0.25, -0.2) is 0 Å². The van der Waals surface area contributed by atoms with Crippen molar-refractivity contribution in [2.45, 2.75) is 112 Å². The number of hydrogen-bond donors (Lipinski definition) is 0. The number of allylic oxidation sites excluding steroid dienone is 2. The molecule has 2 heteroatoms. The average molecular weight is 410 g/mol. The van der Waals surface area contributed by atoms with E-state index in [9.17, 15) is 10.1 Å². The number of Topliss-reactive ketones (excluding diaryl/α,β-unsaturated/α-hetero) is 1. The van der Waals surface area contributed by atoms with E-state index in [1.54, 1.807) is 11.1 Å². The van der Waals surface area contributed by atoms with Crippen molar-refractivity contribution in [2.24, 2.45) is 39.9 Å². The summed E-state index contributed by atoms with van der Waals surface area (Å²) in [5.41, 5.74) is 3.31. The summed E-state index contributed by atoms with van der Waals surface area (Å²) in [5.74, 6) is 3.54. The summed E-state index contributed by atoms with van der Waals surface area (Å²) in [6.45, 7) is 12.2. The van der Waals surface area contributed by atoms with Gasteiger partial charge in [-0.2, -0.15) is 5.26 Å². The molecule has 4 rings (SSSR count). The van der Waals surface area contributed by atoms with Gasteiger partial charge >= 0.3 is 0 Å². The van der Waals surface area contributed by atoms with Crippen LogP contribution in [0.2, 0.25) is 0 Å². The Balaban J connectivity index is 1.59. The molecule has 0 spiro atoms. The summed E-state index contributed by atoms with van der Waals surface area (Å²) in [4.78, 5) is 12.3. The van der Waals surface area contributed by atoms with Gasteiger partial charge in [-0.3, -0.25) is 4.79 Å². The van der Waals surface area contributed by atoms with Gasteiger partial charge < -0.3 is 0 Å². The second-order valence-corrected chi connectivity index (χ2v) is 12.3. The van der Waals surface area contributed by atoms with Crippen LogP contribution >= 0.6 is 0 Å². The maximum Gasteiger partial charge on any atom is 0.134 e. The van der Waals surface area contributed by atoms with Crippen molar-refractivity contribution in [2.75, 3.05) is 0 Å². The lowest BCUT2D eigenvalue weighted by Gasteiger charge is -2.57. The van der Waals surface area contributed by atoms with E-state index in [1.165, 1.54) is 44.9 Å². The minimum absolute atomic E-state index is 0.0639. The van der Waals surface area contributed by atoms with Gasteiger partial charge in [-0.05, 0) is 74.0 Å². The number of rotatable bonds is 5. The molecule has 2 saturated carbocycles. The second kappa shape index (κ2) is 7.79. The quantitative estimate of drug-likeness (QED) is 0.438. The van der Waals surface area contributed by atoms with Crippen molar-refractivity contribution in [1.82, 2.24) is 0 Å². The van der Waals surface area contributed by atoms with Crippen molar-refractivity contribution in [3.8, 4) is 6.07 Å². The van der Waals surface area contributed by atoms with E-state index >= 15 is 0 Å². The highest BCUT2D eigenvalue weighted by Gasteiger charge is 2.61. The van der Waals surface area contributed by atoms with Crippen LogP contribution in [-0.2, 0) is 4.79 Å². The lowest BCUT2D eigenvalue weighted by atomic mass is 9.45. The smallest absolute Gasteiger partial charge is 0.134 e. The van der Waals surface area contributed by atoms with Crippen molar-refractivity contribution >= 4 is 5.78 Å². The molecule has 1 unspecified atom stereocenters. The summed E-state index contributed by atoms with van der Waals surface area (Å²) in [6.07, 6.45) is 13.4. The topological polar surface area (TPSA) is 40.9 Å². The summed E-state index contributed by atoms with van der Waals surface area (Å²) in [6, 6.07) is 2.70. The van der Waals surface area contributed by atoms with Gasteiger partial charge in [0.15, 0.2) is 0 Å². The Kier molecular flexibility index (Phi) is 5.74. The molecule has 4 aliphatic carbocycles. The first-order chi connectivity index (χ1) is 14.2. The minimum Gasteiger partial charge on any atom is -0.300 e. The predicted octanol–water partition coefficient (Wildman–Crippen LogP) is 7.63. The Morgan fingerprint density at radius 3 is 2.50 bits per heavy atom. The molecule has 0 bridgehead atoms. The molecule has 30 heavy (non-hydrogen) atoms. The van der Waals surface area contributed by atoms with E-state index in [4.69, 9.17) is 0 Å². The molecule has 6 atom stereocenters. The number of hydrogen-bond acceptors (Lipinski definition) is 2. The Hall–Kier alpha value is -1.10. The van der Waals surface area contributed by atoms with E-state index in [-0.39, 0.29) is 5.41 Å². The molecule has 0 aromatic rings. The zero-order chi connectivity index (χ0) is 21.7. The van der Waals surface area contributed by atoms with Crippen LogP contribution in [0.25, 0.3) is 0 Å². The SMILES string of the molecule is CC(C)CCC[C@@H](C)[C@H]1CCC2C3=C(CC[C@@]21C)[C@@]1(C)CCC(=O)C[C@]1(C#N)CC3. The molecule has 0 aromatic heterocycles. The third kappa shape index (κ3) is 3.22. The molecule has 0 saturated heterocycles. The van der Waals surface area contributed by atoms with Gasteiger partial charge in [0.25, 0.3) is 0 Å². The standard InChI is InChI=1S/C28H43NO/c1-19(2)7-6-8-20(3)23-9-10-24-22-12-16-28(18-29)17-21(30)11-15-27(28,5)25(22)13-14-26(23,24)4/h19-20,23-24H,6-17H2,1-5H3/t20-,23-,24?,26-,27-,28+/m1/s1. The third-order valence-electron chi connectivity index (χ3n) is 10.4. The van der Waals surface area contributed by atoms with Crippen molar-refractivity contribution in [3.63, 3.8) is 0 Å². The number of ketones is 1. The molecule has 2 nitrogen and oxygen atoms in total. The van der Waals surface area contributed by atoms with Gasteiger partial charge in [-0.15, -0.1) is 0 Å². The number of carbonyl (C=O) groups is 1. The molecule has 2 fully saturated rings. The van der Waals surface area contributed by atoms with Crippen LogP contribution in [0.15, 0.2) is 11.1 Å². The lowest BCUT2D eigenvalue weighted by Crippen LogP contribution is -2.51. The molecule has 0 radical (unpaired) electrons. The van der Waals surface area contributed by atoms with E-state index in [1.807, 2.05) is 0 Å². The Morgan fingerprint density at radius 2 is 1.80 bits per heavy atom. The zero-order valence-corrected chi connectivity index (χ0v) is 20.2. The molecule has 0 aromatic carbocycles. The van der Waals surface area contributed by atoms with Gasteiger partial charge in [0, 0.05) is 18.3 Å². The van der Waals surface area contributed by atoms with E-state index in [0.29, 0.717) is 24.0 Å². The number of fused-ring (bicyclic) bond motifs is 4. The highest BCUT2D eigenvalue weighted by atomic mass is 16.1. The van der Waals surface area contributed by atoms with E-state index in [0.717, 1.165) is 42.9 Å². The highest BCUT2D eigenvalue weighted by Crippen LogP contribution is 2.68. The minimum atomic E-state index is -0.433. The van der Waals surface area contributed by atoms with Crippen LogP contribution in [-0.4, -0.2) is 5.78 Å². The largest absolute Gasteiger partial charge is 0.300 e. The summed E-state index contributed by atoms with van der Waals surface area (Å²) in [5, 5.41) is 10.2. The van der Waals surface area contributed by atoms with Crippen LogP contribution in [0, 0.1) is 51.2 Å². The van der Waals surface area contributed by atoms with Gasteiger partial charge in [-0.1, -0.05) is 65.0 Å². The summed E-state index contributed by atoms with van der Waals surface area (Å²) in [7, 11) is 0. The monoisotopic (exact) mass is 409 g/mol. The van der Waals surface area contributed by atoms with Gasteiger partial charge in [0.2, 0.25) is 0 Å². The van der Waals surface area contributed by atoms with Crippen LogP contribution in [0.4, 0.5) is 0 Å². The molecule has 0 N–H and O–H groups in total. The fourth-order valence-corrected chi connectivity index (χ4v) is 8.52. The molecular weight excluding hydrogens is 366 g/mol. The second-order valence-electron chi connectivity index (χ2n) is 12.3. The maximum absolute atomic E-state index is 12.3. The summed E-state index contributed by atoms with van der Waals surface area (Å²) < 4.78 is 0. The fraction of sp³-hybridized carbons (Fsp3) is 0.857. The average Bonchev–Trinajstić information content (AvgIpc) is 3.05. The van der Waals surface area contributed by atoms with Crippen molar-refractivity contribution < 1.29 is 4.79 Å². The fourth-order valence-electron chi connectivity index (χ4n) is 8.52. The normalized spacial score (nSPS) is 41.8. The Labute approximate surface area is 184 Å². The zero-order valence-electron chi connectivity index (χ0n) is 20.2.